The molecular weight excluding hydrogens is 206 g/mol. The monoisotopic (exact) mass is 223 g/mol. The second kappa shape index (κ2) is 4.89. The molecule has 0 saturated heterocycles. The van der Waals surface area contributed by atoms with Crippen LogP contribution in [0.4, 0.5) is 5.69 Å². The van der Waals surface area contributed by atoms with Crippen molar-refractivity contribution in [1.29, 1.82) is 0 Å². The summed E-state index contributed by atoms with van der Waals surface area (Å²) in [5.74, 6) is 0. The molecular formula is C13H18ClN. The summed E-state index contributed by atoms with van der Waals surface area (Å²) in [5, 5.41) is 4.43. The van der Waals surface area contributed by atoms with Gasteiger partial charge in [-0.3, -0.25) is 0 Å². The number of anilines is 1. The Bertz CT molecular complexity index is 309. The molecule has 0 radical (unpaired) electrons. The van der Waals surface area contributed by atoms with Crippen LogP contribution in [-0.4, -0.2) is 6.04 Å². The lowest BCUT2D eigenvalue weighted by atomic mass is 9.95. The maximum absolute atomic E-state index is 6.19. The van der Waals surface area contributed by atoms with Gasteiger partial charge in [0.1, 0.15) is 0 Å². The van der Waals surface area contributed by atoms with Gasteiger partial charge in [-0.15, -0.1) is 0 Å². The molecule has 1 N–H and O–H groups in total. The third-order valence-electron chi connectivity index (χ3n) is 3.18. The lowest BCUT2D eigenvalue weighted by Crippen LogP contribution is -2.22. The van der Waals surface area contributed by atoms with E-state index in [9.17, 15) is 0 Å². The molecule has 0 spiro atoms. The van der Waals surface area contributed by atoms with Crippen LogP contribution in [0, 0.1) is 6.92 Å². The number of hydrogen-bond acceptors (Lipinski definition) is 1. The van der Waals surface area contributed by atoms with Gasteiger partial charge >= 0.3 is 0 Å². The summed E-state index contributed by atoms with van der Waals surface area (Å²) in [6, 6.07) is 6.69. The maximum Gasteiger partial charge on any atom is 0.0640 e. The van der Waals surface area contributed by atoms with Crippen LogP contribution in [0.5, 0.6) is 0 Å². The minimum absolute atomic E-state index is 0.623. The summed E-state index contributed by atoms with van der Waals surface area (Å²) in [6.45, 7) is 2.11. The largest absolute Gasteiger partial charge is 0.381 e. The molecule has 0 heterocycles. The third-order valence-corrected chi connectivity index (χ3v) is 3.49. The molecule has 0 unspecified atom stereocenters. The van der Waals surface area contributed by atoms with Gasteiger partial charge < -0.3 is 5.32 Å². The van der Waals surface area contributed by atoms with E-state index in [0.717, 1.165) is 10.7 Å². The van der Waals surface area contributed by atoms with Gasteiger partial charge in [0.05, 0.1) is 10.7 Å². The molecule has 1 nitrogen and oxygen atoms in total. The van der Waals surface area contributed by atoms with Gasteiger partial charge in [-0.05, 0) is 31.4 Å². The maximum atomic E-state index is 6.19. The van der Waals surface area contributed by atoms with E-state index in [4.69, 9.17) is 11.6 Å². The quantitative estimate of drug-likeness (QED) is 0.784. The topological polar surface area (TPSA) is 12.0 Å². The average Bonchev–Trinajstić information content (AvgIpc) is 2.25. The first kappa shape index (κ1) is 10.8. The molecule has 1 aromatic carbocycles. The summed E-state index contributed by atoms with van der Waals surface area (Å²) in [6.07, 6.45) is 6.65. The van der Waals surface area contributed by atoms with Crippen LogP contribution in [0.25, 0.3) is 0 Å². The lowest BCUT2D eigenvalue weighted by Gasteiger charge is -2.25. The Hall–Kier alpha value is -0.690. The van der Waals surface area contributed by atoms with Gasteiger partial charge in [0, 0.05) is 6.04 Å². The molecule has 0 aromatic heterocycles. The van der Waals surface area contributed by atoms with Crippen molar-refractivity contribution in [3.05, 3.63) is 28.8 Å². The Labute approximate surface area is 96.8 Å². The van der Waals surface area contributed by atoms with E-state index >= 15 is 0 Å². The fraction of sp³-hybridized carbons (Fsp3) is 0.538. The Morgan fingerprint density at radius 2 is 1.93 bits per heavy atom. The van der Waals surface area contributed by atoms with Crippen molar-refractivity contribution in [2.45, 2.75) is 45.1 Å². The minimum atomic E-state index is 0.623. The van der Waals surface area contributed by atoms with Crippen molar-refractivity contribution in [3.8, 4) is 0 Å². The third kappa shape index (κ3) is 2.66. The number of halogens is 1. The number of nitrogens with one attached hydrogen (secondary N) is 1. The Balaban J connectivity index is 2.09. The highest BCUT2D eigenvalue weighted by Gasteiger charge is 2.14. The summed E-state index contributed by atoms with van der Waals surface area (Å²) in [5.41, 5.74) is 2.37. The van der Waals surface area contributed by atoms with Crippen LogP contribution >= 0.6 is 11.6 Å². The van der Waals surface area contributed by atoms with Crippen molar-refractivity contribution < 1.29 is 0 Å². The Morgan fingerprint density at radius 3 is 2.60 bits per heavy atom. The van der Waals surface area contributed by atoms with Crippen LogP contribution < -0.4 is 5.32 Å². The smallest absolute Gasteiger partial charge is 0.0640 e. The van der Waals surface area contributed by atoms with E-state index < -0.39 is 0 Å². The van der Waals surface area contributed by atoms with Crippen molar-refractivity contribution in [3.63, 3.8) is 0 Å². The normalized spacial score (nSPS) is 17.7. The van der Waals surface area contributed by atoms with Gasteiger partial charge in [-0.2, -0.15) is 0 Å². The zero-order chi connectivity index (χ0) is 10.7. The number of aryl methyl sites for hydroxylation is 1. The fourth-order valence-electron chi connectivity index (χ4n) is 2.27. The van der Waals surface area contributed by atoms with Crippen LogP contribution in [0.1, 0.15) is 37.7 Å². The fourth-order valence-corrected chi connectivity index (χ4v) is 2.54. The molecule has 2 heteroatoms. The molecule has 0 bridgehead atoms. The molecule has 2 rings (SSSR count). The van der Waals surface area contributed by atoms with Crippen molar-refractivity contribution in [2.75, 3.05) is 5.32 Å². The highest BCUT2D eigenvalue weighted by Crippen LogP contribution is 2.29. The zero-order valence-corrected chi connectivity index (χ0v) is 9.98. The second-order valence-corrected chi connectivity index (χ2v) is 4.82. The van der Waals surface area contributed by atoms with Crippen LogP contribution in [0.3, 0.4) is 0 Å². The predicted molar refractivity (Wildman–Crippen MR) is 66.7 cm³/mol. The van der Waals surface area contributed by atoms with Gasteiger partial charge in [0.25, 0.3) is 0 Å². The van der Waals surface area contributed by atoms with Crippen LogP contribution in [0.2, 0.25) is 5.02 Å². The minimum Gasteiger partial charge on any atom is -0.381 e. The molecule has 0 atom stereocenters. The standard InChI is InChI=1S/C13H18ClN/c1-10-6-5-9-12(14)13(10)15-11-7-3-2-4-8-11/h5-6,9,11,15H,2-4,7-8H2,1H3. The molecule has 0 amide bonds. The first-order valence-electron chi connectivity index (χ1n) is 5.79. The summed E-state index contributed by atoms with van der Waals surface area (Å²) in [7, 11) is 0. The van der Waals surface area contributed by atoms with E-state index in [1.807, 2.05) is 12.1 Å². The summed E-state index contributed by atoms with van der Waals surface area (Å²) >= 11 is 6.19. The molecule has 1 aliphatic rings. The van der Waals surface area contributed by atoms with Crippen molar-refractivity contribution >= 4 is 17.3 Å². The number of hydrogen-bond donors (Lipinski definition) is 1. The predicted octanol–water partition coefficient (Wildman–Crippen LogP) is 4.39. The van der Waals surface area contributed by atoms with E-state index in [1.165, 1.54) is 37.7 Å². The first-order chi connectivity index (χ1) is 7.27. The van der Waals surface area contributed by atoms with E-state index in [0.29, 0.717) is 6.04 Å². The molecule has 15 heavy (non-hydrogen) atoms. The summed E-state index contributed by atoms with van der Waals surface area (Å²) < 4.78 is 0. The van der Waals surface area contributed by atoms with Crippen molar-refractivity contribution in [2.24, 2.45) is 0 Å². The van der Waals surface area contributed by atoms with Gasteiger partial charge in [0.2, 0.25) is 0 Å². The van der Waals surface area contributed by atoms with Gasteiger partial charge in [-0.1, -0.05) is 43.0 Å². The van der Waals surface area contributed by atoms with E-state index in [2.05, 4.69) is 18.3 Å². The number of para-hydroxylation sites is 1. The Kier molecular flexibility index (Phi) is 3.53. The second-order valence-electron chi connectivity index (χ2n) is 4.41. The lowest BCUT2D eigenvalue weighted by molar-refractivity contribution is 0.462. The zero-order valence-electron chi connectivity index (χ0n) is 9.22. The molecule has 1 saturated carbocycles. The highest BCUT2D eigenvalue weighted by atomic mass is 35.5. The molecule has 82 valence electrons. The Morgan fingerprint density at radius 1 is 1.20 bits per heavy atom. The molecule has 1 fully saturated rings. The van der Waals surface area contributed by atoms with Crippen molar-refractivity contribution in [1.82, 2.24) is 0 Å². The van der Waals surface area contributed by atoms with E-state index in [-0.39, 0.29) is 0 Å². The molecule has 1 aromatic rings. The number of rotatable bonds is 2. The average molecular weight is 224 g/mol. The van der Waals surface area contributed by atoms with Crippen LogP contribution in [-0.2, 0) is 0 Å². The molecule has 0 aliphatic heterocycles. The van der Waals surface area contributed by atoms with Crippen LogP contribution in [0.15, 0.2) is 18.2 Å². The SMILES string of the molecule is Cc1cccc(Cl)c1NC1CCCCC1. The highest BCUT2D eigenvalue weighted by molar-refractivity contribution is 6.33. The molecule has 1 aliphatic carbocycles. The number of benzene rings is 1. The van der Waals surface area contributed by atoms with Gasteiger partial charge in [0.15, 0.2) is 0 Å². The summed E-state index contributed by atoms with van der Waals surface area (Å²) in [4.78, 5) is 0. The first-order valence-corrected chi connectivity index (χ1v) is 6.17. The van der Waals surface area contributed by atoms with E-state index in [1.54, 1.807) is 0 Å². The van der Waals surface area contributed by atoms with Gasteiger partial charge in [-0.25, -0.2) is 0 Å².